The highest BCUT2D eigenvalue weighted by molar-refractivity contribution is 5.21. The highest BCUT2D eigenvalue weighted by Gasteiger charge is 1.88. The van der Waals surface area contributed by atoms with Gasteiger partial charge in [-0.3, -0.25) is 0 Å². The van der Waals surface area contributed by atoms with Gasteiger partial charge >= 0.3 is 0 Å². The number of halogens is 1. The molecule has 0 saturated heterocycles. The summed E-state index contributed by atoms with van der Waals surface area (Å²) in [5.41, 5.74) is 1.88. The summed E-state index contributed by atoms with van der Waals surface area (Å²) in [6, 6.07) is 7.45. The fourth-order valence-electron chi connectivity index (χ4n) is 0.795. The number of alkyl halides is 1. The Bertz CT molecular complexity index is 194. The third-order valence-electron chi connectivity index (χ3n) is 1.24. The second kappa shape index (κ2) is 4.04. The molecule has 0 atom stereocenters. The van der Waals surface area contributed by atoms with Crippen LogP contribution in [0.25, 0.3) is 0 Å². The zero-order valence-electron chi connectivity index (χ0n) is 5.39. The van der Waals surface area contributed by atoms with Crippen molar-refractivity contribution in [3.05, 3.63) is 35.4 Å². The second-order valence-corrected chi connectivity index (χ2v) is 2.12. The zero-order chi connectivity index (χ0) is 6.69. The first-order chi connectivity index (χ1) is 4.33. The van der Waals surface area contributed by atoms with Crippen LogP contribution < -0.4 is 0 Å². The first-order valence-electron chi connectivity index (χ1n) is 2.94. The topological polar surface area (TPSA) is 0 Å². The lowest BCUT2D eigenvalue weighted by Gasteiger charge is -1.93. The molecule has 0 amide bonds. The number of rotatable bonds is 1. The molecule has 0 nitrogen and oxygen atoms in total. The fraction of sp³-hybridized carbons (Fsp3) is 0.333. The smallest absolute Gasteiger partial charge is 0.115 e. The Morgan fingerprint density at radius 1 is 1.40 bits per heavy atom. The van der Waals surface area contributed by atoms with E-state index in [1.807, 2.05) is 25.1 Å². The molecule has 0 bridgehead atoms. The van der Waals surface area contributed by atoms with Gasteiger partial charge in [0.15, 0.2) is 0 Å². The van der Waals surface area contributed by atoms with Gasteiger partial charge in [-0.05, 0) is 12.5 Å². The predicted molar refractivity (Wildman–Crippen MR) is 42.7 cm³/mol. The van der Waals surface area contributed by atoms with E-state index in [1.54, 1.807) is 6.07 Å². The molecular weight excluding hydrogens is 127 g/mol. The molecule has 0 saturated carbocycles. The quantitative estimate of drug-likeness (QED) is 0.562. The maximum absolute atomic E-state index is 11.9. The van der Waals surface area contributed by atoms with Crippen molar-refractivity contribution < 1.29 is 4.39 Å². The van der Waals surface area contributed by atoms with Crippen LogP contribution in [0.2, 0.25) is 0 Å². The average Bonchev–Trinajstić information content (AvgIpc) is 1.88. The Labute approximate surface area is 61.7 Å². The minimum Gasteiger partial charge on any atom is -0.246 e. The molecular formula is C9H13F. The Morgan fingerprint density at radius 2 is 2.10 bits per heavy atom. The minimum atomic E-state index is -0.359. The third-order valence-corrected chi connectivity index (χ3v) is 1.24. The zero-order valence-corrected chi connectivity index (χ0v) is 5.39. The summed E-state index contributed by atoms with van der Waals surface area (Å²) >= 11 is 0. The standard InChI is InChI=1S/C8H9F.CH4/c1-7-3-2-4-8(5-7)6-9;/h2-5H,6H2,1H3;1H4. The molecule has 10 heavy (non-hydrogen) atoms. The number of benzene rings is 1. The van der Waals surface area contributed by atoms with E-state index >= 15 is 0 Å². The monoisotopic (exact) mass is 140 g/mol. The molecule has 1 aromatic carbocycles. The SMILES string of the molecule is C.Cc1cccc(CF)c1. The van der Waals surface area contributed by atoms with Crippen LogP contribution in [0.15, 0.2) is 24.3 Å². The Hall–Kier alpha value is -0.850. The van der Waals surface area contributed by atoms with Gasteiger partial charge in [-0.25, -0.2) is 4.39 Å². The van der Waals surface area contributed by atoms with Crippen LogP contribution in [0.3, 0.4) is 0 Å². The molecule has 0 spiro atoms. The molecule has 0 aliphatic rings. The lowest BCUT2D eigenvalue weighted by molar-refractivity contribution is 0.485. The summed E-state index contributed by atoms with van der Waals surface area (Å²) in [7, 11) is 0. The van der Waals surface area contributed by atoms with Crippen LogP contribution in [-0.2, 0) is 6.67 Å². The van der Waals surface area contributed by atoms with Gasteiger partial charge in [0.2, 0.25) is 0 Å². The van der Waals surface area contributed by atoms with E-state index in [9.17, 15) is 4.39 Å². The number of hydrogen-bond donors (Lipinski definition) is 0. The Kier molecular flexibility index (Phi) is 3.70. The lowest BCUT2D eigenvalue weighted by Crippen LogP contribution is -1.77. The van der Waals surface area contributed by atoms with Gasteiger partial charge in [0.05, 0.1) is 0 Å². The summed E-state index contributed by atoms with van der Waals surface area (Å²) in [6.45, 7) is 1.60. The number of hydrogen-bond acceptors (Lipinski definition) is 0. The van der Waals surface area contributed by atoms with Gasteiger partial charge in [0.1, 0.15) is 6.67 Å². The van der Waals surface area contributed by atoms with Gasteiger partial charge in [-0.2, -0.15) is 0 Å². The van der Waals surface area contributed by atoms with E-state index in [2.05, 4.69) is 0 Å². The van der Waals surface area contributed by atoms with Crippen LogP contribution in [0, 0.1) is 6.92 Å². The maximum atomic E-state index is 11.9. The molecule has 0 radical (unpaired) electrons. The maximum Gasteiger partial charge on any atom is 0.115 e. The van der Waals surface area contributed by atoms with Crippen LogP contribution in [-0.4, -0.2) is 0 Å². The molecule has 0 aromatic heterocycles. The Balaban J connectivity index is 0.000000810. The predicted octanol–water partition coefficient (Wildman–Crippen LogP) is 3.10. The van der Waals surface area contributed by atoms with Gasteiger partial charge in [0.25, 0.3) is 0 Å². The van der Waals surface area contributed by atoms with Crippen molar-refractivity contribution in [1.82, 2.24) is 0 Å². The van der Waals surface area contributed by atoms with Gasteiger partial charge in [-0.1, -0.05) is 37.3 Å². The summed E-state index contributed by atoms with van der Waals surface area (Å²) in [5.74, 6) is 0. The summed E-state index contributed by atoms with van der Waals surface area (Å²) < 4.78 is 11.9. The molecule has 0 heterocycles. The van der Waals surface area contributed by atoms with Crippen LogP contribution in [0.1, 0.15) is 18.6 Å². The van der Waals surface area contributed by atoms with Gasteiger partial charge < -0.3 is 0 Å². The van der Waals surface area contributed by atoms with E-state index in [1.165, 1.54) is 0 Å². The first-order valence-corrected chi connectivity index (χ1v) is 2.94. The van der Waals surface area contributed by atoms with E-state index in [-0.39, 0.29) is 14.1 Å². The summed E-state index contributed by atoms with van der Waals surface area (Å²) in [4.78, 5) is 0. The van der Waals surface area contributed by atoms with Gasteiger partial charge in [-0.15, -0.1) is 0 Å². The second-order valence-electron chi connectivity index (χ2n) is 2.12. The van der Waals surface area contributed by atoms with Crippen molar-refractivity contribution >= 4 is 0 Å². The molecule has 1 aromatic rings. The minimum absolute atomic E-state index is 0. The van der Waals surface area contributed by atoms with E-state index < -0.39 is 0 Å². The molecule has 0 aliphatic carbocycles. The van der Waals surface area contributed by atoms with Crippen LogP contribution >= 0.6 is 0 Å². The molecule has 0 aliphatic heterocycles. The number of aryl methyl sites for hydroxylation is 1. The van der Waals surface area contributed by atoms with E-state index in [4.69, 9.17) is 0 Å². The normalized spacial score (nSPS) is 8.60. The van der Waals surface area contributed by atoms with Crippen molar-refractivity contribution in [2.45, 2.75) is 21.0 Å². The first kappa shape index (κ1) is 9.15. The molecule has 0 unspecified atom stereocenters. The van der Waals surface area contributed by atoms with Crippen molar-refractivity contribution in [2.75, 3.05) is 0 Å². The lowest BCUT2D eigenvalue weighted by atomic mass is 10.2. The molecule has 1 rings (SSSR count). The third kappa shape index (κ3) is 2.18. The summed E-state index contributed by atoms with van der Waals surface area (Å²) in [5, 5.41) is 0. The van der Waals surface area contributed by atoms with E-state index in [0.717, 1.165) is 11.1 Å². The molecule has 1 heteroatoms. The van der Waals surface area contributed by atoms with Gasteiger partial charge in [0, 0.05) is 0 Å². The van der Waals surface area contributed by atoms with Crippen molar-refractivity contribution in [3.8, 4) is 0 Å². The fourth-order valence-corrected chi connectivity index (χ4v) is 0.795. The Morgan fingerprint density at radius 3 is 2.50 bits per heavy atom. The van der Waals surface area contributed by atoms with Crippen molar-refractivity contribution in [3.63, 3.8) is 0 Å². The highest BCUT2D eigenvalue weighted by atomic mass is 19.1. The van der Waals surface area contributed by atoms with E-state index in [0.29, 0.717) is 0 Å². The van der Waals surface area contributed by atoms with Crippen LogP contribution in [0.5, 0.6) is 0 Å². The van der Waals surface area contributed by atoms with Crippen molar-refractivity contribution in [2.24, 2.45) is 0 Å². The largest absolute Gasteiger partial charge is 0.246 e. The van der Waals surface area contributed by atoms with Crippen LogP contribution in [0.4, 0.5) is 4.39 Å². The average molecular weight is 140 g/mol. The molecule has 0 fully saturated rings. The molecule has 0 N–H and O–H groups in total. The molecule has 56 valence electrons. The summed E-state index contributed by atoms with van der Waals surface area (Å²) in [6.07, 6.45) is 0. The van der Waals surface area contributed by atoms with Crippen molar-refractivity contribution in [1.29, 1.82) is 0 Å². The highest BCUT2D eigenvalue weighted by Crippen LogP contribution is 2.04.